The summed E-state index contributed by atoms with van der Waals surface area (Å²) in [5.41, 5.74) is 1.47. The lowest BCUT2D eigenvalue weighted by atomic mass is 9.99. The van der Waals surface area contributed by atoms with Gasteiger partial charge in [0, 0.05) is 11.5 Å². The molecule has 0 spiro atoms. The minimum absolute atomic E-state index is 0.880. The number of hydrogen-bond donors (Lipinski definition) is 1. The Hall–Kier alpha value is -1.34. The lowest BCUT2D eigenvalue weighted by Crippen LogP contribution is -2.83. The van der Waals surface area contributed by atoms with Crippen molar-refractivity contribution in [1.29, 1.82) is 0 Å². The predicted octanol–water partition coefficient (Wildman–Crippen LogP) is 4.12. The van der Waals surface area contributed by atoms with E-state index in [9.17, 15) is 0 Å². The molecule has 1 heteroatoms. The number of rotatable bonds is 8. The summed E-state index contributed by atoms with van der Waals surface area (Å²) in [5, 5.41) is 5.26. The standard InChI is InChI=1S/C19H27N/c1-3-5-9-16(4-2)14-20-15-18-12-8-11-17-10-6-7-13-19(17)18/h6-8,10-13,16,20H,3-5,9,14-15H2,1-2H3/p+1/t16-/m1/s1. The number of benzene rings is 2. The second kappa shape index (κ2) is 8.06. The van der Waals surface area contributed by atoms with Gasteiger partial charge in [-0.1, -0.05) is 69.2 Å². The van der Waals surface area contributed by atoms with Crippen molar-refractivity contribution in [3.8, 4) is 0 Å². The molecule has 0 bridgehead atoms. The number of fused-ring (bicyclic) bond motifs is 1. The summed E-state index contributed by atoms with van der Waals surface area (Å²) in [6.45, 7) is 6.97. The van der Waals surface area contributed by atoms with Gasteiger partial charge >= 0.3 is 0 Å². The molecule has 2 N–H and O–H groups in total. The Morgan fingerprint density at radius 2 is 1.80 bits per heavy atom. The van der Waals surface area contributed by atoms with Gasteiger partial charge in [-0.25, -0.2) is 0 Å². The van der Waals surface area contributed by atoms with E-state index in [0.717, 1.165) is 12.5 Å². The Morgan fingerprint density at radius 1 is 1.00 bits per heavy atom. The molecule has 0 unspecified atom stereocenters. The van der Waals surface area contributed by atoms with Crippen LogP contribution in [-0.4, -0.2) is 6.54 Å². The topological polar surface area (TPSA) is 16.6 Å². The molecular formula is C19H28N+. The van der Waals surface area contributed by atoms with Crippen molar-refractivity contribution in [2.24, 2.45) is 5.92 Å². The molecule has 0 aliphatic rings. The van der Waals surface area contributed by atoms with Crippen molar-refractivity contribution < 1.29 is 5.32 Å². The highest BCUT2D eigenvalue weighted by atomic mass is 14.9. The highest BCUT2D eigenvalue weighted by molar-refractivity contribution is 5.85. The van der Waals surface area contributed by atoms with Gasteiger partial charge < -0.3 is 5.32 Å². The monoisotopic (exact) mass is 270 g/mol. The van der Waals surface area contributed by atoms with Gasteiger partial charge in [0.25, 0.3) is 0 Å². The summed E-state index contributed by atoms with van der Waals surface area (Å²) in [6.07, 6.45) is 5.39. The van der Waals surface area contributed by atoms with Crippen LogP contribution >= 0.6 is 0 Å². The van der Waals surface area contributed by atoms with Gasteiger partial charge in [-0.2, -0.15) is 0 Å². The molecule has 0 fully saturated rings. The molecule has 20 heavy (non-hydrogen) atoms. The molecule has 2 aromatic rings. The highest BCUT2D eigenvalue weighted by Crippen LogP contribution is 2.17. The Bertz CT molecular complexity index is 513. The van der Waals surface area contributed by atoms with Gasteiger partial charge in [-0.3, -0.25) is 0 Å². The molecule has 0 radical (unpaired) electrons. The Balaban J connectivity index is 1.92. The molecule has 1 atom stereocenters. The lowest BCUT2D eigenvalue weighted by molar-refractivity contribution is -0.676. The fraction of sp³-hybridized carbons (Fsp3) is 0.474. The molecular weight excluding hydrogens is 242 g/mol. The fourth-order valence-corrected chi connectivity index (χ4v) is 2.93. The summed E-state index contributed by atoms with van der Waals surface area (Å²) in [5.74, 6) is 0.880. The Morgan fingerprint density at radius 3 is 2.60 bits per heavy atom. The Kier molecular flexibility index (Phi) is 6.07. The first-order chi connectivity index (χ1) is 9.85. The molecule has 0 aliphatic heterocycles. The third kappa shape index (κ3) is 4.08. The Labute approximate surface area is 123 Å². The van der Waals surface area contributed by atoms with E-state index < -0.39 is 0 Å². The summed E-state index contributed by atoms with van der Waals surface area (Å²) in [4.78, 5) is 0. The minimum atomic E-state index is 0.880. The maximum absolute atomic E-state index is 2.49. The minimum Gasteiger partial charge on any atom is -0.342 e. The first kappa shape index (κ1) is 15.1. The average Bonchev–Trinajstić information content (AvgIpc) is 2.51. The van der Waals surface area contributed by atoms with Gasteiger partial charge in [0.1, 0.15) is 6.54 Å². The van der Waals surface area contributed by atoms with Gasteiger partial charge in [-0.05, 0) is 23.6 Å². The van der Waals surface area contributed by atoms with Crippen LogP contribution in [0.2, 0.25) is 0 Å². The zero-order chi connectivity index (χ0) is 14.2. The number of nitrogens with two attached hydrogens (primary N) is 1. The average molecular weight is 270 g/mol. The van der Waals surface area contributed by atoms with E-state index >= 15 is 0 Å². The molecule has 0 heterocycles. The largest absolute Gasteiger partial charge is 0.342 e. The van der Waals surface area contributed by atoms with Crippen LogP contribution in [0, 0.1) is 5.92 Å². The van der Waals surface area contributed by atoms with E-state index in [1.54, 1.807) is 0 Å². The van der Waals surface area contributed by atoms with Crippen LogP contribution in [0.4, 0.5) is 0 Å². The number of hydrogen-bond acceptors (Lipinski definition) is 0. The summed E-state index contributed by atoms with van der Waals surface area (Å²) in [6, 6.07) is 15.4. The van der Waals surface area contributed by atoms with E-state index in [-0.39, 0.29) is 0 Å². The van der Waals surface area contributed by atoms with Gasteiger partial charge in [0.2, 0.25) is 0 Å². The van der Waals surface area contributed by atoms with Crippen molar-refractivity contribution in [3.63, 3.8) is 0 Å². The third-order valence-electron chi connectivity index (χ3n) is 4.29. The van der Waals surface area contributed by atoms with Gasteiger partial charge in [0.05, 0.1) is 6.54 Å². The van der Waals surface area contributed by atoms with Crippen LogP contribution < -0.4 is 5.32 Å². The molecule has 0 saturated carbocycles. The maximum atomic E-state index is 2.49. The molecule has 0 saturated heterocycles. The summed E-state index contributed by atoms with van der Waals surface area (Å²) in [7, 11) is 0. The van der Waals surface area contributed by atoms with E-state index in [4.69, 9.17) is 0 Å². The molecule has 0 amide bonds. The van der Waals surface area contributed by atoms with Crippen molar-refractivity contribution in [2.45, 2.75) is 46.1 Å². The van der Waals surface area contributed by atoms with Crippen molar-refractivity contribution in [3.05, 3.63) is 48.0 Å². The lowest BCUT2D eigenvalue weighted by Gasteiger charge is -2.13. The second-order valence-corrected chi connectivity index (χ2v) is 5.78. The maximum Gasteiger partial charge on any atom is 0.102 e. The van der Waals surface area contributed by atoms with Crippen LogP contribution in [0.1, 0.15) is 45.1 Å². The van der Waals surface area contributed by atoms with Crippen LogP contribution in [0.25, 0.3) is 10.8 Å². The molecule has 2 aromatic carbocycles. The quantitative estimate of drug-likeness (QED) is 0.743. The fourth-order valence-electron chi connectivity index (χ4n) is 2.93. The predicted molar refractivity (Wildman–Crippen MR) is 87.8 cm³/mol. The molecule has 0 aliphatic carbocycles. The second-order valence-electron chi connectivity index (χ2n) is 5.78. The number of unbranched alkanes of at least 4 members (excludes halogenated alkanes) is 1. The van der Waals surface area contributed by atoms with Gasteiger partial charge in [-0.15, -0.1) is 0 Å². The van der Waals surface area contributed by atoms with E-state index in [1.807, 2.05) is 0 Å². The zero-order valence-corrected chi connectivity index (χ0v) is 12.9. The summed E-state index contributed by atoms with van der Waals surface area (Å²) < 4.78 is 0. The zero-order valence-electron chi connectivity index (χ0n) is 12.9. The first-order valence-electron chi connectivity index (χ1n) is 8.13. The molecule has 108 valence electrons. The smallest absolute Gasteiger partial charge is 0.102 e. The van der Waals surface area contributed by atoms with E-state index in [1.165, 1.54) is 48.6 Å². The molecule has 0 aromatic heterocycles. The SMILES string of the molecule is CCCC[C@@H](CC)C[NH2+]Cc1cccc2ccccc12. The van der Waals surface area contributed by atoms with Crippen LogP contribution in [0.15, 0.2) is 42.5 Å². The van der Waals surface area contributed by atoms with Crippen LogP contribution in [0.5, 0.6) is 0 Å². The van der Waals surface area contributed by atoms with Crippen molar-refractivity contribution in [2.75, 3.05) is 6.54 Å². The first-order valence-corrected chi connectivity index (χ1v) is 8.13. The van der Waals surface area contributed by atoms with Crippen LogP contribution in [-0.2, 0) is 6.54 Å². The summed E-state index contributed by atoms with van der Waals surface area (Å²) >= 11 is 0. The third-order valence-corrected chi connectivity index (χ3v) is 4.29. The van der Waals surface area contributed by atoms with Crippen molar-refractivity contribution >= 4 is 10.8 Å². The van der Waals surface area contributed by atoms with E-state index in [0.29, 0.717) is 0 Å². The molecule has 1 nitrogen and oxygen atoms in total. The molecule has 2 rings (SSSR count). The van der Waals surface area contributed by atoms with E-state index in [2.05, 4.69) is 61.6 Å². The van der Waals surface area contributed by atoms with Crippen molar-refractivity contribution in [1.82, 2.24) is 0 Å². The van der Waals surface area contributed by atoms with Gasteiger partial charge in [0.15, 0.2) is 0 Å². The highest BCUT2D eigenvalue weighted by Gasteiger charge is 2.08. The van der Waals surface area contributed by atoms with Crippen LogP contribution in [0.3, 0.4) is 0 Å². The number of quaternary nitrogens is 1. The normalized spacial score (nSPS) is 12.7.